The molecular formula is C20H32. The summed E-state index contributed by atoms with van der Waals surface area (Å²) < 4.78 is 0. The Morgan fingerprint density at radius 1 is 0.950 bits per heavy atom. The lowest BCUT2D eigenvalue weighted by Crippen LogP contribution is -2.59. The number of allylic oxidation sites excluding steroid dienone is 1. The van der Waals surface area contributed by atoms with Crippen LogP contribution in [0, 0.1) is 34.0 Å². The maximum atomic E-state index is 4.44. The van der Waals surface area contributed by atoms with Crippen LogP contribution in [-0.2, 0) is 0 Å². The third-order valence-electron chi connectivity index (χ3n) is 8.41. The topological polar surface area (TPSA) is 0 Å². The van der Waals surface area contributed by atoms with E-state index in [2.05, 4.69) is 27.4 Å². The van der Waals surface area contributed by atoms with E-state index in [0.29, 0.717) is 16.2 Å². The third kappa shape index (κ3) is 1.54. The van der Waals surface area contributed by atoms with Gasteiger partial charge in [0.25, 0.3) is 0 Å². The van der Waals surface area contributed by atoms with E-state index in [9.17, 15) is 0 Å². The quantitative estimate of drug-likeness (QED) is 0.476. The highest BCUT2D eigenvalue weighted by Crippen LogP contribution is 2.71. The van der Waals surface area contributed by atoms with Crippen LogP contribution in [0.3, 0.4) is 0 Å². The Kier molecular flexibility index (Phi) is 2.63. The van der Waals surface area contributed by atoms with Crippen molar-refractivity contribution in [3.8, 4) is 0 Å². The molecule has 0 saturated heterocycles. The molecular weight excluding hydrogens is 240 g/mol. The van der Waals surface area contributed by atoms with Gasteiger partial charge in [0.2, 0.25) is 0 Å². The molecule has 2 bridgehead atoms. The summed E-state index contributed by atoms with van der Waals surface area (Å²) in [6.45, 7) is 12.3. The number of hydrogen-bond acceptors (Lipinski definition) is 0. The van der Waals surface area contributed by atoms with E-state index in [0.717, 1.165) is 17.8 Å². The minimum Gasteiger partial charge on any atom is -0.0996 e. The third-order valence-corrected chi connectivity index (χ3v) is 8.41. The molecule has 0 heteroatoms. The van der Waals surface area contributed by atoms with Gasteiger partial charge in [-0.15, -0.1) is 0 Å². The molecule has 5 saturated carbocycles. The van der Waals surface area contributed by atoms with Crippen molar-refractivity contribution < 1.29 is 0 Å². The molecule has 112 valence electrons. The van der Waals surface area contributed by atoms with Crippen LogP contribution in [0.4, 0.5) is 0 Å². The largest absolute Gasteiger partial charge is 0.0996 e. The molecule has 0 radical (unpaired) electrons. The van der Waals surface area contributed by atoms with E-state index in [4.69, 9.17) is 0 Å². The van der Waals surface area contributed by atoms with Crippen molar-refractivity contribution in [2.45, 2.75) is 78.6 Å². The van der Waals surface area contributed by atoms with Crippen LogP contribution < -0.4 is 0 Å². The van der Waals surface area contributed by atoms with Crippen LogP contribution in [0.5, 0.6) is 0 Å². The van der Waals surface area contributed by atoms with Gasteiger partial charge >= 0.3 is 0 Å². The molecule has 5 fully saturated rings. The average Bonchev–Trinajstić information content (AvgIpc) is 2.37. The SMILES string of the molecule is C=C1CC23CCC1CC2C1(C)CCCC(C)(C)C1CC3. The van der Waals surface area contributed by atoms with Gasteiger partial charge in [-0.2, -0.15) is 0 Å². The van der Waals surface area contributed by atoms with Crippen LogP contribution in [0.25, 0.3) is 0 Å². The molecule has 0 amide bonds. The van der Waals surface area contributed by atoms with Gasteiger partial charge in [-0.05, 0) is 85.4 Å². The molecule has 0 aromatic heterocycles. The summed E-state index contributed by atoms with van der Waals surface area (Å²) in [5.74, 6) is 2.87. The fraction of sp³-hybridized carbons (Fsp3) is 0.900. The second kappa shape index (κ2) is 3.93. The van der Waals surface area contributed by atoms with Gasteiger partial charge < -0.3 is 0 Å². The minimum atomic E-state index is 0.586. The van der Waals surface area contributed by atoms with Crippen molar-refractivity contribution in [3.05, 3.63) is 12.2 Å². The van der Waals surface area contributed by atoms with Crippen molar-refractivity contribution in [3.63, 3.8) is 0 Å². The van der Waals surface area contributed by atoms with E-state index in [1.165, 1.54) is 57.8 Å². The lowest BCUT2D eigenvalue weighted by atomic mass is 9.37. The molecule has 0 nitrogen and oxygen atoms in total. The molecule has 1 spiro atoms. The molecule has 5 atom stereocenters. The number of fused-ring (bicyclic) bond motifs is 3. The highest BCUT2D eigenvalue weighted by molar-refractivity contribution is 5.21. The zero-order valence-electron chi connectivity index (χ0n) is 13.8. The summed E-state index contributed by atoms with van der Waals surface area (Å²) in [4.78, 5) is 0. The molecule has 5 rings (SSSR count). The number of rotatable bonds is 0. The molecule has 0 aliphatic heterocycles. The van der Waals surface area contributed by atoms with Gasteiger partial charge in [-0.1, -0.05) is 39.3 Å². The fourth-order valence-corrected chi connectivity index (χ4v) is 7.56. The van der Waals surface area contributed by atoms with E-state index in [1.54, 1.807) is 5.57 Å². The Hall–Kier alpha value is -0.260. The first-order valence-corrected chi connectivity index (χ1v) is 9.05. The molecule has 0 aromatic rings. The Bertz CT molecular complexity index is 445. The summed E-state index contributed by atoms with van der Waals surface area (Å²) in [5, 5.41) is 0. The van der Waals surface area contributed by atoms with E-state index in [1.807, 2.05) is 0 Å². The molecule has 5 aliphatic rings. The highest BCUT2D eigenvalue weighted by atomic mass is 14.7. The first-order valence-electron chi connectivity index (χ1n) is 9.05. The molecule has 5 aliphatic carbocycles. The molecule has 20 heavy (non-hydrogen) atoms. The van der Waals surface area contributed by atoms with Crippen LogP contribution >= 0.6 is 0 Å². The smallest absolute Gasteiger partial charge is 0.0202 e. The first kappa shape index (κ1) is 13.4. The van der Waals surface area contributed by atoms with E-state index in [-0.39, 0.29) is 0 Å². The lowest BCUT2D eigenvalue weighted by molar-refractivity contribution is -0.167. The Balaban J connectivity index is 1.75. The van der Waals surface area contributed by atoms with Crippen molar-refractivity contribution in [2.75, 3.05) is 0 Å². The summed E-state index contributed by atoms with van der Waals surface area (Å²) in [6, 6.07) is 0. The van der Waals surface area contributed by atoms with Gasteiger partial charge in [0.15, 0.2) is 0 Å². The first-order chi connectivity index (χ1) is 9.37. The van der Waals surface area contributed by atoms with Gasteiger partial charge in [-0.3, -0.25) is 0 Å². The fourth-order valence-electron chi connectivity index (χ4n) is 7.56. The van der Waals surface area contributed by atoms with Gasteiger partial charge in [-0.25, -0.2) is 0 Å². The molecule has 0 aromatic carbocycles. The lowest BCUT2D eigenvalue weighted by Gasteiger charge is -2.68. The Morgan fingerprint density at radius 3 is 2.45 bits per heavy atom. The predicted molar refractivity (Wildman–Crippen MR) is 85.5 cm³/mol. The maximum Gasteiger partial charge on any atom is -0.0202 e. The summed E-state index contributed by atoms with van der Waals surface area (Å²) in [5.41, 5.74) is 3.51. The molecule has 5 unspecified atom stereocenters. The monoisotopic (exact) mass is 272 g/mol. The minimum absolute atomic E-state index is 0.586. The van der Waals surface area contributed by atoms with Crippen molar-refractivity contribution in [2.24, 2.45) is 34.0 Å². The average molecular weight is 272 g/mol. The normalized spacial score (nSPS) is 53.4. The van der Waals surface area contributed by atoms with Gasteiger partial charge in [0.05, 0.1) is 0 Å². The van der Waals surface area contributed by atoms with Gasteiger partial charge in [0.1, 0.15) is 0 Å². The van der Waals surface area contributed by atoms with Crippen LogP contribution in [0.1, 0.15) is 78.6 Å². The highest BCUT2D eigenvalue weighted by Gasteiger charge is 2.62. The molecule has 0 heterocycles. The maximum absolute atomic E-state index is 4.44. The summed E-state index contributed by atoms with van der Waals surface area (Å²) in [6.07, 6.45) is 13.3. The predicted octanol–water partition coefficient (Wildman–Crippen LogP) is 5.98. The van der Waals surface area contributed by atoms with Crippen molar-refractivity contribution in [1.29, 1.82) is 0 Å². The summed E-state index contributed by atoms with van der Waals surface area (Å²) in [7, 11) is 0. The Morgan fingerprint density at radius 2 is 1.70 bits per heavy atom. The zero-order valence-corrected chi connectivity index (χ0v) is 13.8. The van der Waals surface area contributed by atoms with Crippen molar-refractivity contribution >= 4 is 0 Å². The standard InChI is InChI=1S/C20H32/c1-14-13-20-10-6-15(14)12-17(20)19(4)9-5-8-18(2,3)16(19)7-11-20/h15-17H,1,5-13H2,2-4H3. The molecule has 0 N–H and O–H groups in total. The van der Waals surface area contributed by atoms with E-state index < -0.39 is 0 Å². The summed E-state index contributed by atoms with van der Waals surface area (Å²) >= 11 is 0. The Labute approximate surface area is 125 Å². The second-order valence-electron chi connectivity index (χ2n) is 9.66. The zero-order chi connectivity index (χ0) is 14.2. The number of hydrogen-bond donors (Lipinski definition) is 0. The van der Waals surface area contributed by atoms with Crippen LogP contribution in [0.15, 0.2) is 12.2 Å². The van der Waals surface area contributed by atoms with Gasteiger partial charge in [0, 0.05) is 0 Å². The second-order valence-corrected chi connectivity index (χ2v) is 9.66. The van der Waals surface area contributed by atoms with Crippen molar-refractivity contribution in [1.82, 2.24) is 0 Å². The van der Waals surface area contributed by atoms with Crippen LogP contribution in [0.2, 0.25) is 0 Å². The van der Waals surface area contributed by atoms with Crippen LogP contribution in [-0.4, -0.2) is 0 Å². The van der Waals surface area contributed by atoms with E-state index >= 15 is 0 Å².